The highest BCUT2D eigenvalue weighted by molar-refractivity contribution is 9.09. The molecule has 1 atom stereocenters. The van der Waals surface area contributed by atoms with Crippen LogP contribution >= 0.6 is 15.9 Å². The van der Waals surface area contributed by atoms with Gasteiger partial charge < -0.3 is 4.90 Å². The minimum Gasteiger partial charge on any atom is -0.342 e. The number of hydrogen-bond donors (Lipinski definition) is 0. The Morgan fingerprint density at radius 2 is 1.61 bits per heavy atom. The van der Waals surface area contributed by atoms with Gasteiger partial charge in [-0.1, -0.05) is 48.5 Å². The van der Waals surface area contributed by atoms with Crippen molar-refractivity contribution < 1.29 is 4.79 Å². The second-order valence-corrected chi connectivity index (χ2v) is 7.47. The molecule has 1 aliphatic carbocycles. The molecule has 1 saturated heterocycles. The summed E-state index contributed by atoms with van der Waals surface area (Å²) in [6.07, 6.45) is 9.77. The number of hydrogen-bond acceptors (Lipinski definition) is 1. The van der Waals surface area contributed by atoms with Crippen molar-refractivity contribution in [2.24, 2.45) is 11.8 Å². The second-order valence-electron chi connectivity index (χ2n) is 6.03. The zero-order valence-corrected chi connectivity index (χ0v) is 13.1. The van der Waals surface area contributed by atoms with E-state index in [9.17, 15) is 4.79 Å². The molecule has 3 heteroatoms. The maximum atomic E-state index is 12.5. The number of nitrogens with zero attached hydrogens (tertiary/aromatic N) is 1. The van der Waals surface area contributed by atoms with Crippen molar-refractivity contribution in [3.8, 4) is 0 Å². The van der Waals surface area contributed by atoms with Gasteiger partial charge in [0.15, 0.2) is 0 Å². The van der Waals surface area contributed by atoms with Gasteiger partial charge in [0.05, 0.1) is 0 Å². The lowest BCUT2D eigenvalue weighted by Crippen LogP contribution is -2.42. The number of rotatable bonds is 2. The summed E-state index contributed by atoms with van der Waals surface area (Å²) in [5.74, 6) is 1.55. The van der Waals surface area contributed by atoms with Gasteiger partial charge in [-0.3, -0.25) is 4.79 Å². The van der Waals surface area contributed by atoms with Gasteiger partial charge in [0.25, 0.3) is 0 Å². The van der Waals surface area contributed by atoms with E-state index in [0.29, 0.717) is 16.7 Å². The Bertz CT molecular complexity index is 264. The van der Waals surface area contributed by atoms with Crippen LogP contribution in [0.15, 0.2) is 0 Å². The molecule has 0 aromatic carbocycles. The molecule has 2 aliphatic rings. The topological polar surface area (TPSA) is 20.3 Å². The highest BCUT2D eigenvalue weighted by atomic mass is 79.9. The molecule has 0 aromatic heterocycles. The summed E-state index contributed by atoms with van der Waals surface area (Å²) in [6, 6.07) is 0. The van der Waals surface area contributed by atoms with E-state index in [0.717, 1.165) is 31.8 Å². The minimum absolute atomic E-state index is 0.338. The number of alkyl halides is 1. The number of amides is 1. The van der Waals surface area contributed by atoms with Crippen molar-refractivity contribution in [2.75, 3.05) is 13.1 Å². The average molecular weight is 316 g/mol. The summed E-state index contributed by atoms with van der Waals surface area (Å²) < 4.78 is 0. The van der Waals surface area contributed by atoms with Crippen LogP contribution in [0.25, 0.3) is 0 Å². The van der Waals surface area contributed by atoms with Gasteiger partial charge in [-0.05, 0) is 31.6 Å². The third-order valence-electron chi connectivity index (χ3n) is 4.71. The first-order valence-electron chi connectivity index (χ1n) is 7.61. The molecule has 1 heterocycles. The van der Waals surface area contributed by atoms with Crippen LogP contribution in [0.5, 0.6) is 0 Å². The Morgan fingerprint density at radius 3 is 2.11 bits per heavy atom. The first kappa shape index (κ1) is 14.4. The Balaban J connectivity index is 1.82. The van der Waals surface area contributed by atoms with Crippen molar-refractivity contribution in [1.82, 2.24) is 4.90 Å². The highest BCUT2D eigenvalue weighted by Gasteiger charge is 2.29. The molecule has 1 unspecified atom stereocenters. The van der Waals surface area contributed by atoms with Crippen LogP contribution in [0.4, 0.5) is 0 Å². The Kier molecular flexibility index (Phi) is 5.53. The molecular weight excluding hydrogens is 290 g/mol. The first-order valence-corrected chi connectivity index (χ1v) is 8.53. The van der Waals surface area contributed by atoms with E-state index in [2.05, 4.69) is 27.8 Å². The van der Waals surface area contributed by atoms with E-state index < -0.39 is 0 Å². The molecule has 0 spiro atoms. The van der Waals surface area contributed by atoms with Crippen LogP contribution in [0.1, 0.15) is 58.3 Å². The van der Waals surface area contributed by atoms with Crippen molar-refractivity contribution >= 4 is 21.8 Å². The molecular formula is C15H26BrNO. The van der Waals surface area contributed by atoms with Gasteiger partial charge in [-0.25, -0.2) is 0 Å². The van der Waals surface area contributed by atoms with Crippen molar-refractivity contribution in [1.29, 1.82) is 0 Å². The van der Waals surface area contributed by atoms with E-state index in [1.807, 2.05) is 0 Å². The lowest BCUT2D eigenvalue weighted by Gasteiger charge is -2.35. The molecule has 18 heavy (non-hydrogen) atoms. The van der Waals surface area contributed by atoms with Gasteiger partial charge >= 0.3 is 0 Å². The Hall–Kier alpha value is -0.0500. The normalized spacial score (nSPS) is 25.8. The zero-order valence-electron chi connectivity index (χ0n) is 11.5. The summed E-state index contributed by atoms with van der Waals surface area (Å²) in [5.41, 5.74) is 0. The second kappa shape index (κ2) is 6.93. The van der Waals surface area contributed by atoms with Gasteiger partial charge in [-0.15, -0.1) is 0 Å². The predicted molar refractivity (Wildman–Crippen MR) is 78.9 cm³/mol. The maximum Gasteiger partial charge on any atom is 0.225 e. The molecule has 0 bridgehead atoms. The third kappa shape index (κ3) is 3.72. The molecule has 104 valence electrons. The summed E-state index contributed by atoms with van der Waals surface area (Å²) in [4.78, 5) is 15.2. The number of carbonyl (C=O) groups excluding carboxylic acids is 1. The fourth-order valence-electron chi connectivity index (χ4n) is 3.36. The highest BCUT2D eigenvalue weighted by Crippen LogP contribution is 2.29. The molecule has 2 rings (SSSR count). The molecule has 2 nitrogen and oxygen atoms in total. The first-order chi connectivity index (χ1) is 8.68. The monoisotopic (exact) mass is 315 g/mol. The van der Waals surface area contributed by atoms with Crippen molar-refractivity contribution in [3.05, 3.63) is 0 Å². The molecule has 1 saturated carbocycles. The fourth-order valence-corrected chi connectivity index (χ4v) is 3.89. The van der Waals surface area contributed by atoms with Crippen LogP contribution in [0.2, 0.25) is 0 Å². The third-order valence-corrected chi connectivity index (χ3v) is 5.45. The standard InChI is InChI=1S/C15H26BrNO/c1-12(16)13-8-10-17(11-9-13)15(18)14-6-4-2-3-5-7-14/h12-14H,2-11H2,1H3. The van der Waals surface area contributed by atoms with E-state index >= 15 is 0 Å². The molecule has 1 amide bonds. The summed E-state index contributed by atoms with van der Waals surface area (Å²) in [7, 11) is 0. The minimum atomic E-state index is 0.338. The number of carbonyl (C=O) groups is 1. The Labute approximate surface area is 120 Å². The average Bonchev–Trinajstić information content (AvgIpc) is 2.67. The van der Waals surface area contributed by atoms with Gasteiger partial charge in [-0.2, -0.15) is 0 Å². The van der Waals surface area contributed by atoms with E-state index in [1.54, 1.807) is 0 Å². The SMILES string of the molecule is CC(Br)C1CCN(C(=O)C2CCCCCC2)CC1. The number of likely N-dealkylation sites (tertiary alicyclic amines) is 1. The molecule has 0 N–H and O–H groups in total. The Morgan fingerprint density at radius 1 is 1.06 bits per heavy atom. The summed E-state index contributed by atoms with van der Waals surface area (Å²) >= 11 is 3.68. The zero-order chi connectivity index (χ0) is 13.0. The van der Waals surface area contributed by atoms with Gasteiger partial charge in [0.1, 0.15) is 0 Å². The van der Waals surface area contributed by atoms with Crippen LogP contribution < -0.4 is 0 Å². The molecule has 1 aliphatic heterocycles. The largest absolute Gasteiger partial charge is 0.342 e. The predicted octanol–water partition coefficient (Wildman–Crippen LogP) is 3.98. The molecule has 2 fully saturated rings. The van der Waals surface area contributed by atoms with Crippen LogP contribution in [-0.2, 0) is 4.79 Å². The number of piperidine rings is 1. The maximum absolute atomic E-state index is 12.5. The summed E-state index contributed by atoms with van der Waals surface area (Å²) in [5, 5.41) is 0. The molecule has 0 radical (unpaired) electrons. The van der Waals surface area contributed by atoms with E-state index in [1.165, 1.54) is 38.5 Å². The van der Waals surface area contributed by atoms with Gasteiger partial charge in [0, 0.05) is 23.8 Å². The lowest BCUT2D eigenvalue weighted by molar-refractivity contribution is -0.137. The van der Waals surface area contributed by atoms with Crippen LogP contribution in [0, 0.1) is 11.8 Å². The summed E-state index contributed by atoms with van der Waals surface area (Å²) in [6.45, 7) is 4.19. The smallest absolute Gasteiger partial charge is 0.225 e. The van der Waals surface area contributed by atoms with Crippen molar-refractivity contribution in [3.63, 3.8) is 0 Å². The van der Waals surface area contributed by atoms with E-state index in [4.69, 9.17) is 0 Å². The fraction of sp³-hybridized carbons (Fsp3) is 0.933. The van der Waals surface area contributed by atoms with E-state index in [-0.39, 0.29) is 0 Å². The van der Waals surface area contributed by atoms with Crippen LogP contribution in [-0.4, -0.2) is 28.7 Å². The van der Waals surface area contributed by atoms with Crippen LogP contribution in [0.3, 0.4) is 0 Å². The van der Waals surface area contributed by atoms with Gasteiger partial charge in [0.2, 0.25) is 5.91 Å². The lowest BCUT2D eigenvalue weighted by atomic mass is 9.92. The quantitative estimate of drug-likeness (QED) is 0.557. The number of halogens is 1. The molecule has 0 aromatic rings. The van der Waals surface area contributed by atoms with Crippen molar-refractivity contribution in [2.45, 2.75) is 63.1 Å².